The zero-order chi connectivity index (χ0) is 16.3. The number of carboxylic acids is 1. The third-order valence-corrected chi connectivity index (χ3v) is 4.64. The van der Waals surface area contributed by atoms with Gasteiger partial charge in [-0.15, -0.1) is 0 Å². The van der Waals surface area contributed by atoms with Gasteiger partial charge >= 0.3 is 12.0 Å². The van der Waals surface area contributed by atoms with Crippen LogP contribution in [-0.4, -0.2) is 29.3 Å². The largest absolute Gasteiger partial charge is 0.487 e. The number of carboxylic acid groups (broad SMARTS) is 1. The number of carbonyl (C=O) groups excluding carboxylic acids is 1. The fraction of sp³-hybridized carbons (Fsp3) is 0.529. The topological polar surface area (TPSA) is 87.7 Å². The van der Waals surface area contributed by atoms with Crippen molar-refractivity contribution in [2.45, 2.75) is 50.2 Å². The van der Waals surface area contributed by atoms with E-state index in [0.717, 1.165) is 43.4 Å². The highest BCUT2D eigenvalue weighted by Crippen LogP contribution is 2.46. The molecule has 23 heavy (non-hydrogen) atoms. The summed E-state index contributed by atoms with van der Waals surface area (Å²) in [5.74, 6) is -0.0805. The quantitative estimate of drug-likeness (QED) is 0.796. The molecule has 1 saturated carbocycles. The van der Waals surface area contributed by atoms with Gasteiger partial charge in [0.2, 0.25) is 0 Å². The standard InChI is InChI=1S/C17H22N2O4/c20-15(21)7-10-18-16(22)19-13-11-17(8-3-4-9-17)23-14-6-2-1-5-12(13)14/h1-2,5-6,13H,3-4,7-11H2,(H,20,21)(H2,18,19,22). The number of carbonyl (C=O) groups is 2. The molecule has 2 amide bonds. The van der Waals surface area contributed by atoms with Crippen LogP contribution in [0.15, 0.2) is 24.3 Å². The second-order valence-corrected chi connectivity index (χ2v) is 6.33. The summed E-state index contributed by atoms with van der Waals surface area (Å²) in [4.78, 5) is 22.6. The van der Waals surface area contributed by atoms with Gasteiger partial charge < -0.3 is 20.5 Å². The summed E-state index contributed by atoms with van der Waals surface area (Å²) in [6, 6.07) is 7.36. The lowest BCUT2D eigenvalue weighted by molar-refractivity contribution is -0.136. The Bertz CT molecular complexity index is 596. The number of aliphatic carboxylic acids is 1. The number of benzene rings is 1. The molecule has 0 saturated heterocycles. The molecule has 1 unspecified atom stereocenters. The molecule has 1 aromatic carbocycles. The van der Waals surface area contributed by atoms with Gasteiger partial charge in [-0.2, -0.15) is 0 Å². The van der Waals surface area contributed by atoms with E-state index in [2.05, 4.69) is 10.6 Å². The van der Waals surface area contributed by atoms with Crippen molar-refractivity contribution in [3.63, 3.8) is 0 Å². The molecule has 1 aliphatic carbocycles. The maximum Gasteiger partial charge on any atom is 0.315 e. The van der Waals surface area contributed by atoms with Crippen molar-refractivity contribution >= 4 is 12.0 Å². The van der Waals surface area contributed by atoms with Crippen LogP contribution in [0.5, 0.6) is 5.75 Å². The van der Waals surface area contributed by atoms with Crippen molar-refractivity contribution in [2.75, 3.05) is 6.54 Å². The third-order valence-electron chi connectivity index (χ3n) is 4.64. The molecule has 1 aliphatic heterocycles. The summed E-state index contributed by atoms with van der Waals surface area (Å²) >= 11 is 0. The first-order chi connectivity index (χ1) is 11.1. The first kappa shape index (κ1) is 15.6. The Balaban J connectivity index is 1.70. The highest BCUT2D eigenvalue weighted by Gasteiger charge is 2.43. The molecule has 3 N–H and O–H groups in total. The van der Waals surface area contributed by atoms with Crippen molar-refractivity contribution in [1.29, 1.82) is 0 Å². The zero-order valence-corrected chi connectivity index (χ0v) is 13.0. The summed E-state index contributed by atoms with van der Waals surface area (Å²) in [5, 5.41) is 14.2. The molecular weight excluding hydrogens is 296 g/mol. The van der Waals surface area contributed by atoms with Crippen LogP contribution in [0, 0.1) is 0 Å². The maximum absolute atomic E-state index is 12.0. The smallest absolute Gasteiger partial charge is 0.315 e. The van der Waals surface area contributed by atoms with Crippen molar-refractivity contribution in [3.8, 4) is 5.75 Å². The van der Waals surface area contributed by atoms with Crippen LogP contribution in [0.2, 0.25) is 0 Å². The highest BCUT2D eigenvalue weighted by molar-refractivity contribution is 5.75. The van der Waals surface area contributed by atoms with Gasteiger partial charge in [0.15, 0.2) is 0 Å². The van der Waals surface area contributed by atoms with E-state index in [1.807, 2.05) is 24.3 Å². The zero-order valence-electron chi connectivity index (χ0n) is 13.0. The first-order valence-corrected chi connectivity index (χ1v) is 8.12. The summed E-state index contributed by atoms with van der Waals surface area (Å²) < 4.78 is 6.26. The Hall–Kier alpha value is -2.24. The Kier molecular flexibility index (Phi) is 4.41. The predicted molar refractivity (Wildman–Crippen MR) is 84.4 cm³/mol. The van der Waals surface area contributed by atoms with Crippen LogP contribution in [0.25, 0.3) is 0 Å². The van der Waals surface area contributed by atoms with Crippen molar-refractivity contribution < 1.29 is 19.4 Å². The molecule has 0 aromatic heterocycles. The van der Waals surface area contributed by atoms with Gasteiger partial charge in [0.05, 0.1) is 12.5 Å². The van der Waals surface area contributed by atoms with Gasteiger partial charge in [-0.05, 0) is 31.7 Å². The molecule has 0 radical (unpaired) electrons. The lowest BCUT2D eigenvalue weighted by atomic mass is 9.86. The summed E-state index contributed by atoms with van der Waals surface area (Å²) in [6.07, 6.45) is 5.01. The fourth-order valence-corrected chi connectivity index (χ4v) is 3.56. The molecular formula is C17H22N2O4. The molecule has 1 atom stereocenters. The van der Waals surface area contributed by atoms with Gasteiger partial charge in [-0.3, -0.25) is 4.79 Å². The molecule has 1 aromatic rings. The molecule has 1 fully saturated rings. The van der Waals surface area contributed by atoms with Crippen molar-refractivity contribution in [1.82, 2.24) is 10.6 Å². The molecule has 124 valence electrons. The SMILES string of the molecule is O=C(O)CCNC(=O)NC1CC2(CCCC2)Oc2ccccc21. The van der Waals surface area contributed by atoms with E-state index >= 15 is 0 Å². The summed E-state index contributed by atoms with van der Waals surface area (Å²) in [6.45, 7) is 0.122. The lowest BCUT2D eigenvalue weighted by Gasteiger charge is -2.40. The fourth-order valence-electron chi connectivity index (χ4n) is 3.56. The number of rotatable bonds is 4. The number of urea groups is 1. The van der Waals surface area contributed by atoms with Crippen LogP contribution in [0.3, 0.4) is 0 Å². The second-order valence-electron chi connectivity index (χ2n) is 6.33. The van der Waals surface area contributed by atoms with Gasteiger partial charge in [0.25, 0.3) is 0 Å². The van der Waals surface area contributed by atoms with E-state index in [9.17, 15) is 9.59 Å². The van der Waals surface area contributed by atoms with E-state index < -0.39 is 5.97 Å². The maximum atomic E-state index is 12.0. The molecule has 2 aliphatic rings. The molecule has 0 bridgehead atoms. The predicted octanol–water partition coefficient (Wildman–Crippen LogP) is 2.60. The number of para-hydroxylation sites is 1. The second kappa shape index (κ2) is 6.48. The van der Waals surface area contributed by atoms with Crippen molar-refractivity contribution in [2.24, 2.45) is 0 Å². The number of ether oxygens (including phenoxy) is 1. The Morgan fingerprint density at radius 3 is 2.74 bits per heavy atom. The minimum Gasteiger partial charge on any atom is -0.487 e. The number of hydrogen-bond donors (Lipinski definition) is 3. The third kappa shape index (κ3) is 3.57. The Morgan fingerprint density at radius 2 is 2.00 bits per heavy atom. The molecule has 6 heteroatoms. The molecule has 1 spiro atoms. The van der Waals surface area contributed by atoms with E-state index in [1.54, 1.807) is 0 Å². The number of nitrogens with one attached hydrogen (secondary N) is 2. The first-order valence-electron chi connectivity index (χ1n) is 8.12. The van der Waals surface area contributed by atoms with E-state index in [0.29, 0.717) is 0 Å². The minimum atomic E-state index is -0.924. The van der Waals surface area contributed by atoms with Crippen LogP contribution < -0.4 is 15.4 Å². The van der Waals surface area contributed by atoms with Gasteiger partial charge in [-0.25, -0.2) is 4.79 Å². The average Bonchev–Trinajstić information content (AvgIpc) is 2.94. The van der Waals surface area contributed by atoms with Gasteiger partial charge in [0, 0.05) is 18.5 Å². The minimum absolute atomic E-state index is 0.0816. The summed E-state index contributed by atoms with van der Waals surface area (Å²) in [5.41, 5.74) is 0.811. The molecule has 1 heterocycles. The van der Waals surface area contributed by atoms with Gasteiger partial charge in [0.1, 0.15) is 11.4 Å². The normalized spacial score (nSPS) is 21.3. The van der Waals surface area contributed by atoms with Crippen LogP contribution >= 0.6 is 0 Å². The number of amides is 2. The highest BCUT2D eigenvalue weighted by atomic mass is 16.5. The van der Waals surface area contributed by atoms with E-state index in [1.165, 1.54) is 0 Å². The van der Waals surface area contributed by atoms with Crippen LogP contribution in [0.1, 0.15) is 50.1 Å². The van der Waals surface area contributed by atoms with Crippen molar-refractivity contribution in [3.05, 3.63) is 29.8 Å². The van der Waals surface area contributed by atoms with E-state index in [4.69, 9.17) is 9.84 Å². The molecule has 6 nitrogen and oxygen atoms in total. The van der Waals surface area contributed by atoms with Crippen LogP contribution in [-0.2, 0) is 4.79 Å². The lowest BCUT2D eigenvalue weighted by Crippen LogP contribution is -2.46. The van der Waals surface area contributed by atoms with Crippen LogP contribution in [0.4, 0.5) is 4.79 Å². The number of hydrogen-bond acceptors (Lipinski definition) is 3. The molecule has 3 rings (SSSR count). The average molecular weight is 318 g/mol. The number of fused-ring (bicyclic) bond motifs is 1. The summed E-state index contributed by atoms with van der Waals surface area (Å²) in [7, 11) is 0. The monoisotopic (exact) mass is 318 g/mol. The Labute approximate surface area is 135 Å². The van der Waals surface area contributed by atoms with E-state index in [-0.39, 0.29) is 30.6 Å². The Morgan fingerprint density at radius 1 is 1.26 bits per heavy atom. The van der Waals surface area contributed by atoms with Gasteiger partial charge in [-0.1, -0.05) is 18.2 Å².